The molecule has 0 bridgehead atoms. The molecule has 19 heavy (non-hydrogen) atoms. The lowest BCUT2D eigenvalue weighted by Gasteiger charge is -2.36. The van der Waals surface area contributed by atoms with Gasteiger partial charge in [-0.3, -0.25) is 10.00 Å². The summed E-state index contributed by atoms with van der Waals surface area (Å²) in [7, 11) is 0. The molecule has 4 N–H and O–H groups in total. The molecule has 0 aliphatic carbocycles. The van der Waals surface area contributed by atoms with E-state index in [2.05, 4.69) is 26.1 Å². The van der Waals surface area contributed by atoms with Crippen LogP contribution in [0.2, 0.25) is 0 Å². The zero-order valence-corrected chi connectivity index (χ0v) is 10.8. The molecule has 1 aromatic heterocycles. The molecule has 1 saturated heterocycles. The molecule has 0 atom stereocenters. The molecule has 1 aromatic carbocycles. The van der Waals surface area contributed by atoms with Gasteiger partial charge >= 0.3 is 0 Å². The molecule has 3 rings (SSSR count). The van der Waals surface area contributed by atoms with E-state index in [-0.39, 0.29) is 6.61 Å². The summed E-state index contributed by atoms with van der Waals surface area (Å²) in [6.45, 7) is 4.76. The monoisotopic (exact) mass is 261 g/mol. The minimum atomic E-state index is 0.224. The van der Waals surface area contributed by atoms with Crippen LogP contribution in [-0.4, -0.2) is 59.5 Å². The number of aromatic nitrogens is 2. The van der Waals surface area contributed by atoms with Gasteiger partial charge in [0.15, 0.2) is 0 Å². The topological polar surface area (TPSA) is 81.4 Å². The molecule has 0 unspecified atom stereocenters. The van der Waals surface area contributed by atoms with E-state index in [0.717, 1.165) is 55.0 Å². The van der Waals surface area contributed by atoms with Gasteiger partial charge in [-0.15, -0.1) is 0 Å². The molecule has 2 aromatic rings. The molecule has 2 heterocycles. The highest BCUT2D eigenvalue weighted by molar-refractivity contribution is 5.88. The lowest BCUT2D eigenvalue weighted by Crippen LogP contribution is -2.47. The number of anilines is 2. The van der Waals surface area contributed by atoms with Gasteiger partial charge in [-0.25, -0.2) is 0 Å². The smallest absolute Gasteiger partial charge is 0.0672 e. The highest BCUT2D eigenvalue weighted by atomic mass is 16.3. The Bertz CT molecular complexity index is 559. The van der Waals surface area contributed by atoms with Crippen molar-refractivity contribution in [3.05, 3.63) is 18.3 Å². The van der Waals surface area contributed by atoms with Gasteiger partial charge in [0.25, 0.3) is 0 Å². The third kappa shape index (κ3) is 2.36. The molecular weight excluding hydrogens is 242 g/mol. The highest BCUT2D eigenvalue weighted by Gasteiger charge is 2.18. The Balaban J connectivity index is 1.79. The minimum absolute atomic E-state index is 0.224. The molecule has 6 nitrogen and oxygen atoms in total. The zero-order valence-electron chi connectivity index (χ0n) is 10.8. The van der Waals surface area contributed by atoms with Crippen LogP contribution in [0.3, 0.4) is 0 Å². The van der Waals surface area contributed by atoms with Gasteiger partial charge in [0.1, 0.15) is 0 Å². The van der Waals surface area contributed by atoms with E-state index in [1.165, 1.54) is 0 Å². The number of piperazine rings is 1. The first-order valence-corrected chi connectivity index (χ1v) is 6.58. The van der Waals surface area contributed by atoms with Crippen LogP contribution in [0.15, 0.2) is 18.3 Å². The number of aliphatic hydroxyl groups excluding tert-OH is 1. The summed E-state index contributed by atoms with van der Waals surface area (Å²) in [5.74, 6) is 0. The maximum atomic E-state index is 8.95. The van der Waals surface area contributed by atoms with Gasteiger partial charge in [-0.1, -0.05) is 0 Å². The van der Waals surface area contributed by atoms with Crippen LogP contribution in [0.5, 0.6) is 0 Å². The second-order valence-corrected chi connectivity index (χ2v) is 4.92. The molecule has 1 aliphatic rings. The fourth-order valence-electron chi connectivity index (χ4n) is 2.63. The number of β-amino-alcohol motifs (C(OH)–C–C–N with tert-alkyl or cyclic N) is 1. The third-order valence-corrected chi connectivity index (χ3v) is 3.72. The second-order valence-electron chi connectivity index (χ2n) is 4.92. The normalized spacial score (nSPS) is 17.2. The van der Waals surface area contributed by atoms with Crippen molar-refractivity contribution in [1.82, 2.24) is 15.1 Å². The van der Waals surface area contributed by atoms with E-state index in [4.69, 9.17) is 10.8 Å². The van der Waals surface area contributed by atoms with Crippen LogP contribution in [0.1, 0.15) is 0 Å². The van der Waals surface area contributed by atoms with Gasteiger partial charge in [-0.2, -0.15) is 5.10 Å². The lowest BCUT2D eigenvalue weighted by atomic mass is 10.1. The third-order valence-electron chi connectivity index (χ3n) is 3.72. The van der Waals surface area contributed by atoms with Gasteiger partial charge < -0.3 is 15.7 Å². The summed E-state index contributed by atoms with van der Waals surface area (Å²) in [5.41, 5.74) is 9.01. The fraction of sp³-hybridized carbons (Fsp3) is 0.462. The number of aromatic amines is 1. The molecule has 0 spiro atoms. The SMILES string of the molecule is Nc1cc2cn[nH]c2cc1N1CCN(CCO)CC1. The average Bonchev–Trinajstić information content (AvgIpc) is 2.86. The molecule has 0 saturated carbocycles. The number of H-pyrrole nitrogens is 1. The van der Waals surface area contributed by atoms with E-state index in [1.807, 2.05) is 6.07 Å². The van der Waals surface area contributed by atoms with E-state index < -0.39 is 0 Å². The van der Waals surface area contributed by atoms with E-state index in [9.17, 15) is 0 Å². The molecule has 6 heteroatoms. The molecule has 0 amide bonds. The molecule has 0 radical (unpaired) electrons. The standard InChI is InChI=1S/C13H19N5O/c14-11-7-10-9-15-16-12(10)8-13(11)18-3-1-17(2-4-18)5-6-19/h7-9,19H,1-6,14H2,(H,15,16). The van der Waals surface area contributed by atoms with Crippen molar-refractivity contribution in [2.45, 2.75) is 0 Å². The largest absolute Gasteiger partial charge is 0.397 e. The number of fused-ring (bicyclic) bond motifs is 1. The van der Waals surface area contributed by atoms with Gasteiger partial charge in [0.2, 0.25) is 0 Å². The fourth-order valence-corrected chi connectivity index (χ4v) is 2.63. The van der Waals surface area contributed by atoms with Crippen molar-refractivity contribution in [3.8, 4) is 0 Å². The summed E-state index contributed by atoms with van der Waals surface area (Å²) >= 11 is 0. The van der Waals surface area contributed by atoms with Crippen molar-refractivity contribution in [1.29, 1.82) is 0 Å². The summed E-state index contributed by atoms with van der Waals surface area (Å²) in [6, 6.07) is 4.04. The number of nitrogens with zero attached hydrogens (tertiary/aromatic N) is 3. The number of hydrogen-bond donors (Lipinski definition) is 3. The van der Waals surface area contributed by atoms with Crippen LogP contribution in [-0.2, 0) is 0 Å². The van der Waals surface area contributed by atoms with Crippen molar-refractivity contribution in [3.63, 3.8) is 0 Å². The second kappa shape index (κ2) is 5.07. The van der Waals surface area contributed by atoms with Crippen LogP contribution in [0.4, 0.5) is 11.4 Å². The van der Waals surface area contributed by atoms with Crippen molar-refractivity contribution < 1.29 is 5.11 Å². The Kier molecular flexibility index (Phi) is 3.27. The van der Waals surface area contributed by atoms with Crippen molar-refractivity contribution in [2.75, 3.05) is 50.0 Å². The van der Waals surface area contributed by atoms with Gasteiger partial charge in [0, 0.05) is 38.1 Å². The molecule has 1 fully saturated rings. The predicted molar refractivity (Wildman–Crippen MR) is 76.2 cm³/mol. The summed E-state index contributed by atoms with van der Waals surface area (Å²) < 4.78 is 0. The number of aliphatic hydroxyl groups is 1. The maximum absolute atomic E-state index is 8.95. The molecule has 102 valence electrons. The quantitative estimate of drug-likeness (QED) is 0.690. The Morgan fingerprint density at radius 2 is 2.05 bits per heavy atom. The maximum Gasteiger partial charge on any atom is 0.0672 e. The first-order chi connectivity index (χ1) is 9.28. The van der Waals surface area contributed by atoms with Crippen LogP contribution in [0.25, 0.3) is 10.9 Å². The summed E-state index contributed by atoms with van der Waals surface area (Å²) in [6.07, 6.45) is 1.79. The zero-order chi connectivity index (χ0) is 13.2. The number of rotatable bonds is 3. The summed E-state index contributed by atoms with van der Waals surface area (Å²) in [4.78, 5) is 4.56. The number of nitrogens with two attached hydrogens (primary N) is 1. The highest BCUT2D eigenvalue weighted by Crippen LogP contribution is 2.28. The number of nitrogens with one attached hydrogen (secondary N) is 1. The Labute approximate surface area is 111 Å². The predicted octanol–water partition coefficient (Wildman–Crippen LogP) is 0.259. The Morgan fingerprint density at radius 3 is 2.79 bits per heavy atom. The first kappa shape index (κ1) is 12.3. The van der Waals surface area contributed by atoms with Crippen LogP contribution < -0.4 is 10.6 Å². The van der Waals surface area contributed by atoms with Gasteiger partial charge in [-0.05, 0) is 12.1 Å². The van der Waals surface area contributed by atoms with Gasteiger partial charge in [0.05, 0.1) is 29.7 Å². The Hall–Kier alpha value is -1.79. The summed E-state index contributed by atoms with van der Waals surface area (Å²) in [5, 5.41) is 17.0. The van der Waals surface area contributed by atoms with E-state index >= 15 is 0 Å². The lowest BCUT2D eigenvalue weighted by molar-refractivity contribution is 0.189. The van der Waals surface area contributed by atoms with E-state index in [0.29, 0.717) is 0 Å². The molecule has 1 aliphatic heterocycles. The number of nitrogen functional groups attached to an aromatic ring is 1. The van der Waals surface area contributed by atoms with Crippen molar-refractivity contribution >= 4 is 22.3 Å². The Morgan fingerprint density at radius 1 is 1.26 bits per heavy atom. The van der Waals surface area contributed by atoms with E-state index in [1.54, 1.807) is 6.20 Å². The average molecular weight is 261 g/mol. The number of benzene rings is 1. The molecular formula is C13H19N5O. The van der Waals surface area contributed by atoms with Crippen molar-refractivity contribution in [2.24, 2.45) is 0 Å². The van der Waals surface area contributed by atoms with Crippen LogP contribution in [0, 0.1) is 0 Å². The van der Waals surface area contributed by atoms with Crippen LogP contribution >= 0.6 is 0 Å². The number of hydrogen-bond acceptors (Lipinski definition) is 5. The minimum Gasteiger partial charge on any atom is -0.397 e. The first-order valence-electron chi connectivity index (χ1n) is 6.58.